The number of fused-ring (bicyclic) bond motifs is 1. The number of nitrogens with one attached hydrogen (secondary N) is 2. The van der Waals surface area contributed by atoms with E-state index < -0.39 is 12.5 Å². The molecule has 0 bridgehead atoms. The molecule has 2 N–H and O–H groups in total. The SMILES string of the molecule is O=C(NN=Cc1ccccc1OC(F)F)c1ccc(CSc2nc3ccccc3[nH]2)cc1. The summed E-state index contributed by atoms with van der Waals surface area (Å²) in [5, 5.41) is 4.67. The van der Waals surface area contributed by atoms with Gasteiger partial charge < -0.3 is 9.72 Å². The topological polar surface area (TPSA) is 79.4 Å². The van der Waals surface area contributed by atoms with E-state index in [4.69, 9.17) is 0 Å². The van der Waals surface area contributed by atoms with Gasteiger partial charge in [-0.15, -0.1) is 0 Å². The van der Waals surface area contributed by atoms with Crippen molar-refractivity contribution < 1.29 is 18.3 Å². The molecule has 32 heavy (non-hydrogen) atoms. The lowest BCUT2D eigenvalue weighted by Gasteiger charge is -2.07. The van der Waals surface area contributed by atoms with Crippen LogP contribution in [0.25, 0.3) is 11.0 Å². The summed E-state index contributed by atoms with van der Waals surface area (Å²) in [5.74, 6) is 0.262. The van der Waals surface area contributed by atoms with Gasteiger partial charge in [0.15, 0.2) is 5.16 Å². The first-order chi connectivity index (χ1) is 15.6. The number of amides is 1. The second-order valence-electron chi connectivity index (χ2n) is 6.66. The number of aromatic nitrogens is 2. The van der Waals surface area contributed by atoms with Crippen LogP contribution in [-0.4, -0.2) is 28.7 Å². The number of nitrogens with zero attached hydrogens (tertiary/aromatic N) is 2. The number of carbonyl (C=O) groups is 1. The summed E-state index contributed by atoms with van der Waals surface area (Å²) in [6.45, 7) is -2.94. The van der Waals surface area contributed by atoms with Gasteiger partial charge in [0.05, 0.1) is 17.2 Å². The van der Waals surface area contributed by atoms with Gasteiger partial charge in [-0.2, -0.15) is 13.9 Å². The van der Waals surface area contributed by atoms with Crippen LogP contribution in [0.4, 0.5) is 8.78 Å². The predicted molar refractivity (Wildman–Crippen MR) is 120 cm³/mol. The first kappa shape index (κ1) is 21.5. The van der Waals surface area contributed by atoms with Crippen molar-refractivity contribution in [3.63, 3.8) is 0 Å². The van der Waals surface area contributed by atoms with Gasteiger partial charge in [-0.1, -0.05) is 48.2 Å². The third kappa shape index (κ3) is 5.50. The van der Waals surface area contributed by atoms with Crippen molar-refractivity contribution in [2.75, 3.05) is 0 Å². The number of para-hydroxylation sites is 3. The fourth-order valence-electron chi connectivity index (χ4n) is 2.92. The molecule has 162 valence electrons. The summed E-state index contributed by atoms with van der Waals surface area (Å²) < 4.78 is 29.4. The molecule has 1 amide bonds. The highest BCUT2D eigenvalue weighted by Crippen LogP contribution is 2.23. The van der Waals surface area contributed by atoms with Crippen molar-refractivity contribution in [1.29, 1.82) is 0 Å². The molecule has 0 aliphatic carbocycles. The highest BCUT2D eigenvalue weighted by molar-refractivity contribution is 7.98. The molecule has 1 heterocycles. The van der Waals surface area contributed by atoms with Crippen molar-refractivity contribution in [2.24, 2.45) is 5.10 Å². The third-order valence-electron chi connectivity index (χ3n) is 4.46. The second-order valence-corrected chi connectivity index (χ2v) is 7.62. The van der Waals surface area contributed by atoms with E-state index in [1.807, 2.05) is 36.4 Å². The van der Waals surface area contributed by atoms with E-state index in [1.54, 1.807) is 42.1 Å². The van der Waals surface area contributed by atoms with Crippen LogP contribution in [0.15, 0.2) is 83.1 Å². The van der Waals surface area contributed by atoms with Crippen LogP contribution in [0.3, 0.4) is 0 Å². The van der Waals surface area contributed by atoms with Crippen molar-refractivity contribution in [3.05, 3.63) is 89.5 Å². The van der Waals surface area contributed by atoms with Gasteiger partial charge in [-0.05, 0) is 42.0 Å². The van der Waals surface area contributed by atoms with E-state index in [9.17, 15) is 13.6 Å². The summed E-state index contributed by atoms with van der Waals surface area (Å²) in [7, 11) is 0. The van der Waals surface area contributed by atoms with E-state index in [1.165, 1.54) is 12.3 Å². The molecule has 0 saturated heterocycles. The monoisotopic (exact) mass is 452 g/mol. The number of carbonyl (C=O) groups excluding carboxylic acids is 1. The number of H-pyrrole nitrogens is 1. The summed E-state index contributed by atoms with van der Waals surface area (Å²) in [4.78, 5) is 20.1. The Bertz CT molecular complexity index is 1210. The van der Waals surface area contributed by atoms with Crippen molar-refractivity contribution in [3.8, 4) is 5.75 Å². The van der Waals surface area contributed by atoms with Crippen LogP contribution in [0, 0.1) is 0 Å². The fourth-order valence-corrected chi connectivity index (χ4v) is 3.76. The number of thioether (sulfide) groups is 1. The molecule has 0 fully saturated rings. The number of halogens is 2. The van der Waals surface area contributed by atoms with Gasteiger partial charge in [-0.25, -0.2) is 10.4 Å². The first-order valence-electron chi connectivity index (χ1n) is 9.62. The average molecular weight is 452 g/mol. The number of ether oxygens (including phenoxy) is 1. The minimum Gasteiger partial charge on any atom is -0.434 e. The minimum absolute atomic E-state index is 0.0215. The number of alkyl halides is 2. The molecular weight excluding hydrogens is 434 g/mol. The van der Waals surface area contributed by atoms with Crippen LogP contribution in [0.2, 0.25) is 0 Å². The molecular formula is C23H18F2N4O2S. The van der Waals surface area contributed by atoms with E-state index in [0.29, 0.717) is 16.9 Å². The first-order valence-corrected chi connectivity index (χ1v) is 10.6. The molecule has 0 spiro atoms. The standard InChI is InChI=1S/C23H18F2N4O2S/c24-22(25)31-20-8-4-1-5-17(20)13-26-29-21(30)16-11-9-15(10-12-16)14-32-23-27-18-6-2-3-7-19(18)28-23/h1-13,22H,14H2,(H,27,28)(H,29,30). The maximum absolute atomic E-state index is 12.5. The average Bonchev–Trinajstić information content (AvgIpc) is 3.22. The van der Waals surface area contributed by atoms with E-state index in [-0.39, 0.29) is 5.75 Å². The van der Waals surface area contributed by atoms with Crippen molar-refractivity contribution >= 4 is 34.9 Å². The number of imidazole rings is 1. The molecule has 0 aliphatic heterocycles. The summed E-state index contributed by atoms with van der Waals surface area (Å²) >= 11 is 1.57. The Balaban J connectivity index is 1.32. The predicted octanol–water partition coefficient (Wildman–Crippen LogP) is 5.22. The van der Waals surface area contributed by atoms with Crippen molar-refractivity contribution in [1.82, 2.24) is 15.4 Å². The molecule has 0 saturated carbocycles. The van der Waals surface area contributed by atoms with Gasteiger partial charge in [0.25, 0.3) is 5.91 Å². The maximum Gasteiger partial charge on any atom is 0.387 e. The normalized spacial score (nSPS) is 11.3. The molecule has 6 nitrogen and oxygen atoms in total. The Morgan fingerprint density at radius 3 is 2.62 bits per heavy atom. The molecule has 0 unspecified atom stereocenters. The zero-order chi connectivity index (χ0) is 22.3. The quantitative estimate of drug-likeness (QED) is 0.218. The van der Waals surface area contributed by atoms with Crippen LogP contribution in [0.5, 0.6) is 5.75 Å². The van der Waals surface area contributed by atoms with E-state index in [2.05, 4.69) is 25.2 Å². The molecule has 0 radical (unpaired) electrons. The number of hydrazone groups is 1. The van der Waals surface area contributed by atoms with E-state index in [0.717, 1.165) is 21.8 Å². The largest absolute Gasteiger partial charge is 0.434 e. The number of hydrogen-bond acceptors (Lipinski definition) is 5. The molecule has 3 aromatic carbocycles. The number of rotatable bonds is 8. The molecule has 0 atom stereocenters. The third-order valence-corrected chi connectivity index (χ3v) is 5.41. The molecule has 1 aromatic heterocycles. The minimum atomic E-state index is -2.94. The Morgan fingerprint density at radius 1 is 1.09 bits per heavy atom. The smallest absolute Gasteiger partial charge is 0.387 e. The van der Waals surface area contributed by atoms with Crippen LogP contribution in [-0.2, 0) is 5.75 Å². The van der Waals surface area contributed by atoms with Gasteiger partial charge in [0.2, 0.25) is 0 Å². The number of aromatic amines is 1. The summed E-state index contributed by atoms with van der Waals surface area (Å²) in [6, 6.07) is 21.1. The highest BCUT2D eigenvalue weighted by atomic mass is 32.2. The lowest BCUT2D eigenvalue weighted by molar-refractivity contribution is -0.0499. The summed E-state index contributed by atoms with van der Waals surface area (Å²) in [6.07, 6.45) is 1.26. The lowest BCUT2D eigenvalue weighted by Crippen LogP contribution is -2.17. The Labute approximate surface area is 186 Å². The van der Waals surface area contributed by atoms with Gasteiger partial charge in [-0.3, -0.25) is 4.79 Å². The van der Waals surface area contributed by atoms with Gasteiger partial charge in [0.1, 0.15) is 5.75 Å². The Kier molecular flexibility index (Phi) is 6.76. The second kappa shape index (κ2) is 10.1. The maximum atomic E-state index is 12.5. The lowest BCUT2D eigenvalue weighted by atomic mass is 10.1. The van der Waals surface area contributed by atoms with Crippen LogP contribution >= 0.6 is 11.8 Å². The highest BCUT2D eigenvalue weighted by Gasteiger charge is 2.09. The Hall–Kier alpha value is -3.72. The molecule has 4 aromatic rings. The van der Waals surface area contributed by atoms with Crippen LogP contribution < -0.4 is 10.2 Å². The fraction of sp³-hybridized carbons (Fsp3) is 0.0870. The summed E-state index contributed by atoms with van der Waals surface area (Å²) in [5.41, 5.74) is 6.09. The van der Waals surface area contributed by atoms with Gasteiger partial charge in [0, 0.05) is 16.9 Å². The van der Waals surface area contributed by atoms with E-state index >= 15 is 0 Å². The van der Waals surface area contributed by atoms with Crippen LogP contribution in [0.1, 0.15) is 21.5 Å². The van der Waals surface area contributed by atoms with Crippen molar-refractivity contribution in [2.45, 2.75) is 17.5 Å². The molecule has 4 rings (SSSR count). The van der Waals surface area contributed by atoms with Gasteiger partial charge >= 0.3 is 6.61 Å². The number of benzene rings is 3. The molecule has 9 heteroatoms. The zero-order valence-electron chi connectivity index (χ0n) is 16.7. The molecule has 0 aliphatic rings. The Morgan fingerprint density at radius 2 is 1.84 bits per heavy atom. The number of hydrogen-bond donors (Lipinski definition) is 2. The zero-order valence-corrected chi connectivity index (χ0v) is 17.5.